The zero-order valence-corrected chi connectivity index (χ0v) is 36.7. The second kappa shape index (κ2) is 16.7. The first-order chi connectivity index (χ1) is 37.1. The maximum atomic E-state index is 9.14. The first-order valence-corrected chi connectivity index (χ1v) is 20.1. The standard InChI is InChI=1S/C58H42N4O.Pt/c1-58(2,3)44-33-34-59-56(36-44)62-52-28-14-13-25-50(52)51-31-30-47(38-54(51)62)63-46-24-15-23-45(37-46)60-39-61(55-35-43(29-32-53(55)60)40-17-7-4-8-18-40)57-48(41-19-9-5-10-20-41)26-16-27-49(57)42-21-11-6-12-22-42;/h4-36H,1-3H3;/q-2;/i4D,5D,6D,7D,8D,9D,10D,11D,12D,17D,18D,19D,20D,21D,22D;. The fraction of sp³-hybridized carbons (Fsp3) is 0.0690. The van der Waals surface area contributed by atoms with Gasteiger partial charge in [0, 0.05) is 44.3 Å². The molecule has 0 saturated heterocycles. The molecule has 3 heterocycles. The van der Waals surface area contributed by atoms with E-state index >= 15 is 0 Å². The molecule has 0 aliphatic rings. The number of pyridine rings is 1. The number of para-hydroxylation sites is 2. The first-order valence-electron chi connectivity index (χ1n) is 27.6. The maximum Gasteiger partial charge on any atom is 0.268 e. The number of aromatic nitrogens is 4. The SMILES string of the molecule is [2H]c1c([2H])c([2H])c(-c2ccc3c(c2)[n+](-c2c(-c4c([2H])c([2H])c([2H])c([2H])c4[2H])cccc2-c2c([2H])c([2H])c([2H])c([2H])c2[2H])[c-]n3-c2[c-]c(Oc3[c-]c4c(cc3)c3ccccc3n4-c3cc(C(C)(C)C)ccn3)ccc2)c([2H])c1[2H].[Pt]. The van der Waals surface area contributed by atoms with E-state index in [1.807, 2.05) is 41.0 Å². The number of nitrogens with zero attached hydrogens (tertiary/aromatic N) is 4. The quantitative estimate of drug-likeness (QED) is 0.112. The average molecular weight is 1020 g/mol. The monoisotopic (exact) mass is 1020 g/mol. The van der Waals surface area contributed by atoms with E-state index in [9.17, 15) is 0 Å². The van der Waals surface area contributed by atoms with E-state index in [0.29, 0.717) is 22.8 Å². The van der Waals surface area contributed by atoms with Crippen molar-refractivity contribution < 1.29 is 50.9 Å². The predicted molar refractivity (Wildman–Crippen MR) is 255 cm³/mol. The van der Waals surface area contributed by atoms with Gasteiger partial charge >= 0.3 is 0 Å². The van der Waals surface area contributed by atoms with Gasteiger partial charge in [-0.25, -0.2) is 4.98 Å². The van der Waals surface area contributed by atoms with E-state index in [4.69, 9.17) is 30.3 Å². The molecule has 0 bridgehead atoms. The van der Waals surface area contributed by atoms with Crippen molar-refractivity contribution in [2.45, 2.75) is 26.2 Å². The van der Waals surface area contributed by atoms with Crippen molar-refractivity contribution in [3.63, 3.8) is 0 Å². The van der Waals surface area contributed by atoms with E-state index < -0.39 is 90.6 Å². The van der Waals surface area contributed by atoms with Gasteiger partial charge in [0.05, 0.1) is 37.3 Å². The Morgan fingerprint density at radius 2 is 1.25 bits per heavy atom. The third kappa shape index (κ3) is 7.42. The van der Waals surface area contributed by atoms with Crippen LogP contribution in [0.3, 0.4) is 0 Å². The van der Waals surface area contributed by atoms with Gasteiger partial charge in [0.25, 0.3) is 6.33 Å². The molecule has 0 amide bonds. The summed E-state index contributed by atoms with van der Waals surface area (Å²) in [5.41, 5.74) is 2.86. The Morgan fingerprint density at radius 1 is 0.594 bits per heavy atom. The Bertz CT molecular complexity index is 4200. The van der Waals surface area contributed by atoms with E-state index in [1.54, 1.807) is 47.2 Å². The van der Waals surface area contributed by atoms with Gasteiger partial charge in [-0.05, 0) is 79.7 Å². The Balaban J connectivity index is 0.00000704. The minimum Gasteiger partial charge on any atom is -0.510 e. The second-order valence-corrected chi connectivity index (χ2v) is 15.8. The molecule has 64 heavy (non-hydrogen) atoms. The van der Waals surface area contributed by atoms with Crippen molar-refractivity contribution in [3.8, 4) is 62.1 Å². The third-order valence-corrected chi connectivity index (χ3v) is 10.9. The summed E-state index contributed by atoms with van der Waals surface area (Å²) in [5, 5.41) is 1.92. The molecule has 5 nitrogen and oxygen atoms in total. The molecule has 0 aliphatic heterocycles. The van der Waals surface area contributed by atoms with Gasteiger partial charge in [0.1, 0.15) is 5.82 Å². The van der Waals surface area contributed by atoms with Crippen LogP contribution in [0.1, 0.15) is 46.9 Å². The van der Waals surface area contributed by atoms with Crippen molar-refractivity contribution in [2.24, 2.45) is 0 Å². The Kier molecular flexibility index (Phi) is 7.06. The summed E-state index contributed by atoms with van der Waals surface area (Å²) in [6, 6.07) is 28.0. The van der Waals surface area contributed by atoms with Crippen LogP contribution < -0.4 is 9.30 Å². The molecule has 0 atom stereocenters. The van der Waals surface area contributed by atoms with Gasteiger partial charge < -0.3 is 13.9 Å². The molecule has 3 aromatic heterocycles. The van der Waals surface area contributed by atoms with Crippen LogP contribution in [-0.2, 0) is 26.5 Å². The fourth-order valence-corrected chi connectivity index (χ4v) is 7.88. The molecular formula is C58H42N4OPt-2. The summed E-state index contributed by atoms with van der Waals surface area (Å²) >= 11 is 0. The number of hydrogen-bond acceptors (Lipinski definition) is 2. The van der Waals surface area contributed by atoms with Crippen LogP contribution in [0, 0.1) is 18.5 Å². The predicted octanol–water partition coefficient (Wildman–Crippen LogP) is 13.9. The van der Waals surface area contributed by atoms with Crippen LogP contribution in [-0.4, -0.2) is 14.1 Å². The summed E-state index contributed by atoms with van der Waals surface area (Å²) in [6.07, 6.45) is 5.13. The minimum absolute atomic E-state index is 0. The largest absolute Gasteiger partial charge is 0.510 e. The molecule has 0 saturated carbocycles. The van der Waals surface area contributed by atoms with Crippen molar-refractivity contribution in [2.75, 3.05) is 0 Å². The number of hydrogen-bond donors (Lipinski definition) is 0. The summed E-state index contributed by atoms with van der Waals surface area (Å²) in [6.45, 7) is 6.42. The van der Waals surface area contributed by atoms with E-state index in [-0.39, 0.29) is 76.8 Å². The van der Waals surface area contributed by atoms with Gasteiger partial charge in [-0.3, -0.25) is 4.57 Å². The molecular weight excluding hydrogens is 964 g/mol. The molecule has 8 aromatic carbocycles. The summed E-state index contributed by atoms with van der Waals surface area (Å²) < 4.78 is 143. The van der Waals surface area contributed by atoms with Crippen molar-refractivity contribution >= 4 is 32.8 Å². The number of imidazole rings is 1. The fourth-order valence-electron chi connectivity index (χ4n) is 7.88. The Morgan fingerprint density at radius 3 is 1.95 bits per heavy atom. The van der Waals surface area contributed by atoms with Crippen LogP contribution >= 0.6 is 0 Å². The molecule has 0 N–H and O–H groups in total. The molecule has 11 rings (SSSR count). The maximum absolute atomic E-state index is 9.14. The molecule has 312 valence electrons. The number of fused-ring (bicyclic) bond motifs is 4. The Labute approximate surface area is 408 Å². The van der Waals surface area contributed by atoms with Crippen molar-refractivity contribution in [1.29, 1.82) is 0 Å². The van der Waals surface area contributed by atoms with Crippen LogP contribution in [0.25, 0.3) is 83.4 Å². The van der Waals surface area contributed by atoms with Gasteiger partial charge in [0.15, 0.2) is 0 Å². The van der Waals surface area contributed by atoms with Crippen LogP contribution in [0.5, 0.6) is 11.5 Å². The Hall–Kier alpha value is -7.33. The molecule has 0 aliphatic carbocycles. The van der Waals surface area contributed by atoms with Gasteiger partial charge in [-0.2, -0.15) is 18.2 Å². The average Bonchev–Trinajstić information content (AvgIpc) is 4.10. The molecule has 0 radical (unpaired) electrons. The zero-order valence-electron chi connectivity index (χ0n) is 49.4. The summed E-state index contributed by atoms with van der Waals surface area (Å²) in [4.78, 5) is 4.79. The van der Waals surface area contributed by atoms with E-state index in [0.717, 1.165) is 27.4 Å². The summed E-state index contributed by atoms with van der Waals surface area (Å²) in [7, 11) is 0. The van der Waals surface area contributed by atoms with Gasteiger partial charge in [0.2, 0.25) is 0 Å². The number of ether oxygens (including phenoxy) is 1. The minimum atomic E-state index is -0.656. The molecule has 6 heteroatoms. The van der Waals surface area contributed by atoms with Crippen LogP contribution in [0.15, 0.2) is 200 Å². The molecule has 0 spiro atoms. The smallest absolute Gasteiger partial charge is 0.268 e. The van der Waals surface area contributed by atoms with Crippen LogP contribution in [0.4, 0.5) is 0 Å². The topological polar surface area (TPSA) is 35.9 Å². The van der Waals surface area contributed by atoms with E-state index in [2.05, 4.69) is 45.3 Å². The third-order valence-electron chi connectivity index (χ3n) is 10.9. The van der Waals surface area contributed by atoms with Gasteiger partial charge in [-0.1, -0.05) is 165 Å². The molecule has 0 fully saturated rings. The summed E-state index contributed by atoms with van der Waals surface area (Å²) in [5.74, 6) is 1.30. The van der Waals surface area contributed by atoms with Gasteiger partial charge in [-0.15, -0.1) is 29.7 Å². The van der Waals surface area contributed by atoms with Crippen molar-refractivity contribution in [3.05, 3.63) is 224 Å². The second-order valence-electron chi connectivity index (χ2n) is 15.8. The molecule has 11 aromatic rings. The zero-order chi connectivity index (χ0) is 55.5. The first kappa shape index (κ1) is 27.0. The number of benzene rings is 8. The van der Waals surface area contributed by atoms with Crippen LogP contribution in [0.2, 0.25) is 0 Å². The molecule has 0 unspecified atom stereocenters. The number of rotatable bonds is 8. The van der Waals surface area contributed by atoms with E-state index in [1.165, 1.54) is 28.8 Å². The normalized spacial score (nSPS) is 14.8. The van der Waals surface area contributed by atoms with Crippen molar-refractivity contribution in [1.82, 2.24) is 14.1 Å².